The molecule has 0 aromatic carbocycles. The van der Waals surface area contributed by atoms with Gasteiger partial charge in [-0.25, -0.2) is 0 Å². The zero-order valence-corrected chi connectivity index (χ0v) is 16.4. The average molecular weight is 417 g/mol. The van der Waals surface area contributed by atoms with Crippen LogP contribution in [0.25, 0.3) is 10.4 Å². The van der Waals surface area contributed by atoms with E-state index in [0.29, 0.717) is 0 Å². The van der Waals surface area contributed by atoms with Gasteiger partial charge >= 0.3 is 0 Å². The summed E-state index contributed by atoms with van der Waals surface area (Å²) in [4.78, 5) is 2.79. The Morgan fingerprint density at radius 1 is 0.767 bits per heavy atom. The van der Waals surface area contributed by atoms with Crippen LogP contribution < -0.4 is 0 Å². The Morgan fingerprint density at radius 2 is 1.27 bits per heavy atom. The third-order valence-corrected chi connectivity index (χ3v) is 3.99. The van der Waals surface area contributed by atoms with Crippen LogP contribution in [-0.4, -0.2) is 63.7 Å². The van der Waals surface area contributed by atoms with Gasteiger partial charge in [-0.15, -0.1) is 0 Å². The van der Waals surface area contributed by atoms with E-state index in [1.165, 1.54) is 0 Å². The van der Waals surface area contributed by atoms with Crippen molar-refractivity contribution >= 4 is 0 Å². The molecule has 1 heterocycles. The summed E-state index contributed by atoms with van der Waals surface area (Å²) in [5, 5.41) is 38.7. The maximum Gasteiger partial charge on any atom is 0.165 e. The van der Waals surface area contributed by atoms with Gasteiger partial charge < -0.3 is 23.7 Å². The molecule has 0 radical (unpaired) electrons. The largest absolute Gasteiger partial charge is 0.378 e. The summed E-state index contributed by atoms with van der Waals surface area (Å²) < 4.78 is 28.7. The summed E-state index contributed by atoms with van der Waals surface area (Å²) in [7, 11) is 0. The zero-order chi connectivity index (χ0) is 22.0. The molecule has 1 rings (SSSR count). The van der Waals surface area contributed by atoms with Gasteiger partial charge in [0.15, 0.2) is 6.23 Å². The van der Waals surface area contributed by atoms with E-state index in [0.717, 1.165) is 0 Å². The molecule has 160 valence electrons. The van der Waals surface area contributed by atoms with Crippen LogP contribution in [0.5, 0.6) is 0 Å². The van der Waals surface area contributed by atoms with Crippen molar-refractivity contribution in [3.05, 3.63) is 10.4 Å². The SMILES string of the molecule is N#CCCOC[C@H]1O[C@@H](N=[N+]=[N-])[C@H](OCCC#N)[C@@H](OCCC#N)[C@@H]1OCCC#N. The fourth-order valence-corrected chi connectivity index (χ4v) is 2.78. The van der Waals surface area contributed by atoms with E-state index in [1.54, 1.807) is 0 Å². The topological polar surface area (TPSA) is 190 Å². The molecule has 0 spiro atoms. The normalized spacial score (nSPS) is 25.1. The van der Waals surface area contributed by atoms with Crippen molar-refractivity contribution in [2.24, 2.45) is 5.11 Å². The number of nitrogens with zero attached hydrogens (tertiary/aromatic N) is 7. The Balaban J connectivity index is 3.10. The molecule has 1 aliphatic heterocycles. The van der Waals surface area contributed by atoms with Crippen molar-refractivity contribution in [1.29, 1.82) is 21.0 Å². The standard InChI is InChI=1S/C18H23N7O5/c19-5-1-9-26-13-14-15(27-10-2-6-20)16(28-11-3-7-21)17(29-12-4-8-22)18(30-14)24-25-23/h14-18H,1-4,9-13H2/t14-,15-,16+,17-,18-/m1/s1. The van der Waals surface area contributed by atoms with Crippen molar-refractivity contribution in [2.45, 2.75) is 56.3 Å². The van der Waals surface area contributed by atoms with Gasteiger partial charge in [0.05, 0.1) is 83.0 Å². The second kappa shape index (κ2) is 15.9. The first-order valence-electron chi connectivity index (χ1n) is 9.33. The first kappa shape index (κ1) is 25.1. The van der Waals surface area contributed by atoms with E-state index < -0.39 is 30.6 Å². The first-order chi connectivity index (χ1) is 14.7. The zero-order valence-electron chi connectivity index (χ0n) is 16.4. The van der Waals surface area contributed by atoms with E-state index in [9.17, 15) is 0 Å². The van der Waals surface area contributed by atoms with Crippen LogP contribution in [0.2, 0.25) is 0 Å². The van der Waals surface area contributed by atoms with Gasteiger partial charge in [-0.2, -0.15) is 21.0 Å². The third-order valence-electron chi connectivity index (χ3n) is 3.99. The van der Waals surface area contributed by atoms with E-state index >= 15 is 0 Å². The van der Waals surface area contributed by atoms with Crippen LogP contribution in [0, 0.1) is 45.3 Å². The third kappa shape index (κ3) is 8.61. The average Bonchev–Trinajstić information content (AvgIpc) is 2.75. The van der Waals surface area contributed by atoms with Crippen molar-refractivity contribution < 1.29 is 23.7 Å². The maximum absolute atomic E-state index is 8.93. The van der Waals surface area contributed by atoms with Gasteiger partial charge in [0.2, 0.25) is 0 Å². The fraction of sp³-hybridized carbons (Fsp3) is 0.778. The highest BCUT2D eigenvalue weighted by Crippen LogP contribution is 2.30. The number of azide groups is 1. The fourth-order valence-electron chi connectivity index (χ4n) is 2.78. The summed E-state index contributed by atoms with van der Waals surface area (Å²) in [6, 6.07) is 7.88. The maximum atomic E-state index is 8.93. The quantitative estimate of drug-likeness (QED) is 0.175. The van der Waals surface area contributed by atoms with E-state index in [-0.39, 0.29) is 58.7 Å². The summed E-state index contributed by atoms with van der Waals surface area (Å²) >= 11 is 0. The first-order valence-corrected chi connectivity index (χ1v) is 9.33. The van der Waals surface area contributed by atoms with E-state index in [1.807, 2.05) is 24.3 Å². The van der Waals surface area contributed by atoms with Crippen LogP contribution in [0.4, 0.5) is 0 Å². The molecule has 0 unspecified atom stereocenters. The number of ether oxygens (including phenoxy) is 5. The molecule has 1 saturated heterocycles. The van der Waals surface area contributed by atoms with Gasteiger partial charge in [-0.05, 0) is 5.53 Å². The predicted molar refractivity (Wildman–Crippen MR) is 98.8 cm³/mol. The molecule has 0 aliphatic carbocycles. The summed E-state index contributed by atoms with van der Waals surface area (Å²) in [6.45, 7) is 0.417. The van der Waals surface area contributed by atoms with Crippen LogP contribution in [-0.2, 0) is 23.7 Å². The van der Waals surface area contributed by atoms with Gasteiger partial charge in [0.1, 0.15) is 24.4 Å². The Bertz CT molecular complexity index is 716. The highest BCUT2D eigenvalue weighted by Gasteiger charge is 2.48. The molecule has 0 saturated carbocycles. The van der Waals surface area contributed by atoms with Crippen LogP contribution >= 0.6 is 0 Å². The highest BCUT2D eigenvalue weighted by molar-refractivity contribution is 4.95. The monoisotopic (exact) mass is 417 g/mol. The van der Waals surface area contributed by atoms with Gasteiger partial charge in [-0.1, -0.05) is 5.11 Å². The minimum absolute atomic E-state index is 0.0272. The molecule has 12 heteroatoms. The van der Waals surface area contributed by atoms with Crippen molar-refractivity contribution in [3.8, 4) is 24.3 Å². The highest BCUT2D eigenvalue weighted by atomic mass is 16.6. The number of nitriles is 4. The molecule has 12 nitrogen and oxygen atoms in total. The molecule has 0 N–H and O–H groups in total. The second-order valence-electron chi connectivity index (χ2n) is 5.98. The molecule has 0 amide bonds. The summed E-state index contributed by atoms with van der Waals surface area (Å²) in [5.74, 6) is 0. The molecular formula is C18H23N7O5. The Labute approximate surface area is 174 Å². The molecule has 5 atom stereocenters. The number of rotatable bonds is 14. The molecule has 0 aromatic heterocycles. The number of hydrogen-bond donors (Lipinski definition) is 0. The minimum atomic E-state index is -1.08. The molecule has 0 bridgehead atoms. The van der Waals surface area contributed by atoms with Crippen LogP contribution in [0.1, 0.15) is 25.7 Å². The van der Waals surface area contributed by atoms with Crippen molar-refractivity contribution in [3.63, 3.8) is 0 Å². The Hall–Kier alpha value is -2.93. The molecule has 30 heavy (non-hydrogen) atoms. The summed E-state index contributed by atoms with van der Waals surface area (Å²) in [5.41, 5.74) is 8.93. The van der Waals surface area contributed by atoms with Gasteiger partial charge in [-0.3, -0.25) is 0 Å². The van der Waals surface area contributed by atoms with Crippen LogP contribution in [0.3, 0.4) is 0 Å². The smallest absolute Gasteiger partial charge is 0.165 e. The molecule has 0 aromatic rings. The molecular weight excluding hydrogens is 394 g/mol. The van der Waals surface area contributed by atoms with E-state index in [4.69, 9.17) is 50.3 Å². The lowest BCUT2D eigenvalue weighted by Crippen LogP contribution is -2.61. The minimum Gasteiger partial charge on any atom is -0.378 e. The predicted octanol–water partition coefficient (Wildman–Crippen LogP) is 1.85. The summed E-state index contributed by atoms with van der Waals surface area (Å²) in [6.07, 6.45) is -3.73. The molecule has 1 aliphatic rings. The Kier molecular flexibility index (Phi) is 13.3. The number of hydrogen-bond acceptors (Lipinski definition) is 10. The second-order valence-corrected chi connectivity index (χ2v) is 5.98. The van der Waals surface area contributed by atoms with E-state index in [2.05, 4.69) is 10.0 Å². The Morgan fingerprint density at radius 3 is 1.80 bits per heavy atom. The van der Waals surface area contributed by atoms with Gasteiger partial charge in [0, 0.05) is 4.91 Å². The van der Waals surface area contributed by atoms with Crippen LogP contribution in [0.15, 0.2) is 5.11 Å². The van der Waals surface area contributed by atoms with Crippen molar-refractivity contribution in [1.82, 2.24) is 0 Å². The lowest BCUT2D eigenvalue weighted by molar-refractivity contribution is -0.263. The lowest BCUT2D eigenvalue weighted by atomic mass is 9.97. The lowest BCUT2D eigenvalue weighted by Gasteiger charge is -2.44. The van der Waals surface area contributed by atoms with Crippen molar-refractivity contribution in [2.75, 3.05) is 33.0 Å². The van der Waals surface area contributed by atoms with Gasteiger partial charge in [0.25, 0.3) is 0 Å². The molecule has 1 fully saturated rings.